The second-order valence-electron chi connectivity index (χ2n) is 9.16. The Morgan fingerprint density at radius 1 is 1.20 bits per heavy atom. The van der Waals surface area contributed by atoms with E-state index in [9.17, 15) is 4.21 Å². The summed E-state index contributed by atoms with van der Waals surface area (Å²) in [6, 6.07) is 6.26. The van der Waals surface area contributed by atoms with Gasteiger partial charge in [0.2, 0.25) is 0 Å². The predicted octanol–water partition coefficient (Wildman–Crippen LogP) is 3.94. The van der Waals surface area contributed by atoms with Crippen molar-refractivity contribution in [3.05, 3.63) is 48.0 Å². The highest BCUT2D eigenvalue weighted by Gasteiger charge is 2.54. The highest BCUT2D eigenvalue weighted by atomic mass is 32.2. The largest absolute Gasteiger partial charge is 0.494 e. The van der Waals surface area contributed by atoms with Gasteiger partial charge in [0.15, 0.2) is 23.0 Å². The molecule has 1 aliphatic carbocycles. The molecule has 1 aliphatic heterocycles. The third kappa shape index (κ3) is 3.69. The molecular weight excluding hydrogens is 471 g/mol. The molecule has 0 radical (unpaired) electrons. The van der Waals surface area contributed by atoms with Crippen LogP contribution in [0.3, 0.4) is 0 Å². The normalized spacial score (nSPS) is 25.4. The van der Waals surface area contributed by atoms with Gasteiger partial charge in [0.25, 0.3) is 0 Å². The number of rotatable bonds is 4. The summed E-state index contributed by atoms with van der Waals surface area (Å²) >= 11 is 0. The van der Waals surface area contributed by atoms with E-state index in [1.807, 2.05) is 0 Å². The summed E-state index contributed by atoms with van der Waals surface area (Å²) in [4.78, 5) is 13.2. The highest BCUT2D eigenvalue weighted by molar-refractivity contribution is 7.95. The van der Waals surface area contributed by atoms with E-state index in [4.69, 9.17) is 20.0 Å². The topological polar surface area (TPSA) is 129 Å². The SMILES string of the molecule is CN=[S@]1(=O)C[C@@](C)(c2cc(-c3cc(-c4ncc(OC)cn4)no3)ccc2F)N=C(N)C12CCCC2. The fourth-order valence-corrected chi connectivity index (χ4v) is 8.18. The number of amidine groups is 1. The first-order chi connectivity index (χ1) is 16.7. The molecule has 1 spiro atoms. The van der Waals surface area contributed by atoms with Gasteiger partial charge < -0.3 is 15.0 Å². The van der Waals surface area contributed by atoms with Crippen molar-refractivity contribution < 1.29 is 17.9 Å². The Kier molecular flexibility index (Phi) is 5.62. The maximum Gasteiger partial charge on any atom is 0.181 e. The molecule has 1 aromatic carbocycles. The second-order valence-corrected chi connectivity index (χ2v) is 11.9. The monoisotopic (exact) mass is 498 g/mol. The minimum atomic E-state index is -2.77. The highest BCUT2D eigenvalue weighted by Crippen LogP contribution is 2.46. The Balaban J connectivity index is 1.55. The van der Waals surface area contributed by atoms with Crippen molar-refractivity contribution in [2.45, 2.75) is 42.9 Å². The maximum atomic E-state index is 15.2. The van der Waals surface area contributed by atoms with E-state index in [1.165, 1.54) is 25.6 Å². The smallest absolute Gasteiger partial charge is 0.181 e. The molecule has 5 rings (SSSR count). The van der Waals surface area contributed by atoms with Crippen LogP contribution in [0, 0.1) is 5.82 Å². The van der Waals surface area contributed by atoms with Gasteiger partial charge in [-0.3, -0.25) is 4.99 Å². The van der Waals surface area contributed by atoms with Crippen LogP contribution >= 0.6 is 0 Å². The summed E-state index contributed by atoms with van der Waals surface area (Å²) in [5, 5.41) is 4.05. The molecule has 11 heteroatoms. The molecule has 0 saturated heterocycles. The number of methoxy groups -OCH3 is 1. The molecule has 1 fully saturated rings. The number of nitrogens with zero attached hydrogens (tertiary/aromatic N) is 5. The van der Waals surface area contributed by atoms with Crippen LogP contribution in [0.4, 0.5) is 4.39 Å². The van der Waals surface area contributed by atoms with Crippen molar-refractivity contribution in [3.63, 3.8) is 0 Å². The number of ether oxygens (including phenoxy) is 1. The van der Waals surface area contributed by atoms with E-state index in [0.717, 1.165) is 12.8 Å². The standard InChI is InChI=1S/C24H27FN6O3S/c1-23(14-35(32,27-2)24(22(26)30-23)8-4-5-9-24)17-10-15(6-7-18(17)25)20-11-19(31-34-20)21-28-12-16(33-3)13-29-21/h6-7,10-13H,4-5,8-9,14H2,1-3H3,(H2,26,30)/t23-,35-/m0/s1. The van der Waals surface area contributed by atoms with Crippen LogP contribution in [0.2, 0.25) is 0 Å². The van der Waals surface area contributed by atoms with Gasteiger partial charge in [0.05, 0.1) is 35.0 Å². The van der Waals surface area contributed by atoms with E-state index in [1.54, 1.807) is 32.2 Å². The molecule has 9 nitrogen and oxygen atoms in total. The zero-order valence-corrected chi connectivity index (χ0v) is 20.6. The van der Waals surface area contributed by atoms with E-state index in [2.05, 4.69) is 19.5 Å². The van der Waals surface area contributed by atoms with Crippen LogP contribution in [0.15, 0.2) is 50.5 Å². The zero-order chi connectivity index (χ0) is 24.8. The molecule has 2 atom stereocenters. The Bertz CT molecular complexity index is 1420. The van der Waals surface area contributed by atoms with Crippen molar-refractivity contribution in [2.75, 3.05) is 19.9 Å². The number of halogens is 1. The molecule has 2 N–H and O–H groups in total. The number of benzene rings is 1. The van der Waals surface area contributed by atoms with Gasteiger partial charge in [-0.05, 0) is 38.0 Å². The molecule has 2 aliphatic rings. The Morgan fingerprint density at radius 3 is 2.57 bits per heavy atom. The number of hydrogen-bond donors (Lipinski definition) is 1. The van der Waals surface area contributed by atoms with Crippen LogP contribution in [-0.2, 0) is 15.3 Å². The lowest BCUT2D eigenvalue weighted by molar-refractivity contribution is 0.410. The molecule has 0 amide bonds. The molecule has 0 bridgehead atoms. The Labute approximate surface area is 203 Å². The fraction of sp³-hybridized carbons (Fsp3) is 0.417. The van der Waals surface area contributed by atoms with E-state index < -0.39 is 25.8 Å². The minimum absolute atomic E-state index is 0.0961. The summed E-state index contributed by atoms with van der Waals surface area (Å²) in [6.45, 7) is 1.76. The first kappa shape index (κ1) is 23.4. The van der Waals surface area contributed by atoms with Gasteiger partial charge in [-0.1, -0.05) is 18.0 Å². The second kappa shape index (κ2) is 8.40. The third-order valence-corrected chi connectivity index (χ3v) is 10.4. The fourth-order valence-electron chi connectivity index (χ4n) is 5.14. The third-order valence-electron chi connectivity index (χ3n) is 7.06. The van der Waals surface area contributed by atoms with Crippen LogP contribution in [0.25, 0.3) is 22.8 Å². The van der Waals surface area contributed by atoms with Gasteiger partial charge in [-0.25, -0.2) is 22.9 Å². The van der Waals surface area contributed by atoms with Crippen molar-refractivity contribution in [1.29, 1.82) is 0 Å². The molecule has 2 aromatic heterocycles. The average molecular weight is 499 g/mol. The van der Waals surface area contributed by atoms with Crippen LogP contribution < -0.4 is 10.5 Å². The average Bonchev–Trinajstić information content (AvgIpc) is 3.55. The summed E-state index contributed by atoms with van der Waals surface area (Å²) in [7, 11) is 0.327. The number of nitrogens with two attached hydrogens (primary N) is 1. The number of aromatic nitrogens is 3. The van der Waals surface area contributed by atoms with E-state index >= 15 is 4.39 Å². The van der Waals surface area contributed by atoms with Crippen molar-refractivity contribution in [2.24, 2.45) is 15.1 Å². The molecule has 3 heterocycles. The molecule has 35 heavy (non-hydrogen) atoms. The quantitative estimate of drug-likeness (QED) is 0.577. The lowest BCUT2D eigenvalue weighted by Gasteiger charge is -2.42. The van der Waals surface area contributed by atoms with Gasteiger partial charge in [-0.15, -0.1) is 0 Å². The Hall–Kier alpha value is -3.34. The van der Waals surface area contributed by atoms with E-state index in [-0.39, 0.29) is 11.3 Å². The lowest BCUT2D eigenvalue weighted by Crippen LogP contribution is -2.56. The van der Waals surface area contributed by atoms with Gasteiger partial charge in [0, 0.05) is 24.2 Å². The molecule has 3 aromatic rings. The molecule has 1 saturated carbocycles. The van der Waals surface area contributed by atoms with Gasteiger partial charge in [-0.2, -0.15) is 0 Å². The summed E-state index contributed by atoms with van der Waals surface area (Å²) in [5.41, 5.74) is 6.61. The minimum Gasteiger partial charge on any atom is -0.494 e. The molecule has 184 valence electrons. The summed E-state index contributed by atoms with van der Waals surface area (Å²) < 4.78 is 43.5. The van der Waals surface area contributed by atoms with E-state index in [0.29, 0.717) is 47.3 Å². The zero-order valence-electron chi connectivity index (χ0n) is 19.8. The van der Waals surface area contributed by atoms with Gasteiger partial charge >= 0.3 is 0 Å². The van der Waals surface area contributed by atoms with Crippen molar-refractivity contribution in [1.82, 2.24) is 15.1 Å². The first-order valence-electron chi connectivity index (χ1n) is 11.4. The number of hydrogen-bond acceptors (Lipinski definition) is 9. The van der Waals surface area contributed by atoms with Crippen LogP contribution in [0.5, 0.6) is 5.75 Å². The van der Waals surface area contributed by atoms with Gasteiger partial charge in [0.1, 0.15) is 21.9 Å². The maximum absolute atomic E-state index is 15.2. The van der Waals surface area contributed by atoms with Crippen molar-refractivity contribution >= 4 is 15.6 Å². The molecular formula is C24H27FN6O3S. The summed E-state index contributed by atoms with van der Waals surface area (Å²) in [6.07, 6.45) is 6.29. The molecule has 0 unspecified atom stereocenters. The Morgan fingerprint density at radius 2 is 1.91 bits per heavy atom. The predicted molar refractivity (Wildman–Crippen MR) is 131 cm³/mol. The number of aliphatic imine (C=N–C) groups is 1. The first-order valence-corrected chi connectivity index (χ1v) is 13.0. The van der Waals surface area contributed by atoms with Crippen LogP contribution in [-0.4, -0.2) is 49.8 Å². The van der Waals surface area contributed by atoms with Crippen molar-refractivity contribution in [3.8, 4) is 28.6 Å². The lowest BCUT2D eigenvalue weighted by atomic mass is 9.91. The summed E-state index contributed by atoms with van der Waals surface area (Å²) in [5.74, 6) is 1.24. The van der Waals surface area contributed by atoms with Crippen LogP contribution in [0.1, 0.15) is 38.2 Å².